The third-order valence-electron chi connectivity index (χ3n) is 5.74. The summed E-state index contributed by atoms with van der Waals surface area (Å²) in [5.74, 6) is 0. The quantitative estimate of drug-likeness (QED) is 0.812. The van der Waals surface area contributed by atoms with Gasteiger partial charge in [-0.05, 0) is 65.7 Å². The lowest BCUT2D eigenvalue weighted by molar-refractivity contribution is 0.171. The van der Waals surface area contributed by atoms with Gasteiger partial charge >= 0.3 is 0 Å². The van der Waals surface area contributed by atoms with Crippen LogP contribution in [-0.2, 0) is 6.54 Å². The molecule has 1 aromatic heterocycles. The van der Waals surface area contributed by atoms with E-state index in [2.05, 4.69) is 40.4 Å². The lowest BCUT2D eigenvalue weighted by atomic mass is 9.99. The lowest BCUT2D eigenvalue weighted by Gasteiger charge is -2.32. The predicted molar refractivity (Wildman–Crippen MR) is 102 cm³/mol. The molecule has 4 heteroatoms. The van der Waals surface area contributed by atoms with Crippen molar-refractivity contribution >= 4 is 0 Å². The Labute approximate surface area is 149 Å². The Hall–Kier alpha value is -0.870. The average molecular weight is 335 g/mol. The van der Waals surface area contributed by atoms with E-state index in [1.54, 1.807) is 0 Å². The third-order valence-corrected chi connectivity index (χ3v) is 5.74. The highest BCUT2D eigenvalue weighted by molar-refractivity contribution is 4.78. The van der Waals surface area contributed by atoms with Gasteiger partial charge in [-0.15, -0.1) is 0 Å². The first-order valence-electron chi connectivity index (χ1n) is 10.1. The van der Waals surface area contributed by atoms with Crippen molar-refractivity contribution in [2.24, 2.45) is 0 Å². The Morgan fingerprint density at radius 2 is 1.54 bits per heavy atom. The highest BCUT2D eigenvalue weighted by atomic mass is 15.1. The zero-order valence-corrected chi connectivity index (χ0v) is 16.2. The first kappa shape index (κ1) is 19.5. The van der Waals surface area contributed by atoms with Crippen LogP contribution in [0.5, 0.6) is 0 Å². The maximum atomic E-state index is 4.05. The highest BCUT2D eigenvalue weighted by Gasteiger charge is 2.18. The number of hydrogen-bond donors (Lipinski definition) is 0. The average Bonchev–Trinajstić information content (AvgIpc) is 3.11. The van der Waals surface area contributed by atoms with E-state index in [4.69, 9.17) is 0 Å². The van der Waals surface area contributed by atoms with E-state index in [0.29, 0.717) is 0 Å². The van der Waals surface area contributed by atoms with Crippen molar-refractivity contribution in [3.8, 4) is 0 Å². The van der Waals surface area contributed by atoms with Crippen LogP contribution in [0.2, 0.25) is 0 Å². The van der Waals surface area contributed by atoms with Crippen LogP contribution in [-0.4, -0.2) is 58.6 Å². The molecular formula is C20H38N4. The van der Waals surface area contributed by atoms with Crippen molar-refractivity contribution in [2.75, 3.05) is 27.2 Å². The smallest absolute Gasteiger partial charge is 0.0945 e. The zero-order chi connectivity index (χ0) is 17.2. The van der Waals surface area contributed by atoms with Crippen LogP contribution in [0.4, 0.5) is 0 Å². The maximum absolute atomic E-state index is 4.05. The van der Waals surface area contributed by atoms with Crippen molar-refractivity contribution in [1.82, 2.24) is 19.4 Å². The number of nitrogens with zero attached hydrogens (tertiary/aromatic N) is 4. The SMILES string of the molecule is CCCC1CCCCN1C.CN1CCCCC1CCn1ccnc1. The van der Waals surface area contributed by atoms with Crippen LogP contribution in [0.15, 0.2) is 18.7 Å². The molecule has 3 rings (SSSR count). The third kappa shape index (κ3) is 6.56. The van der Waals surface area contributed by atoms with Crippen LogP contribution in [0.1, 0.15) is 64.7 Å². The van der Waals surface area contributed by atoms with Crippen molar-refractivity contribution in [1.29, 1.82) is 0 Å². The number of piperidine rings is 2. The maximum Gasteiger partial charge on any atom is 0.0945 e. The Bertz CT molecular complexity index is 415. The Balaban J connectivity index is 0.000000185. The molecule has 138 valence electrons. The van der Waals surface area contributed by atoms with E-state index in [-0.39, 0.29) is 0 Å². The molecule has 1 aromatic rings. The molecule has 2 atom stereocenters. The van der Waals surface area contributed by atoms with Gasteiger partial charge in [-0.1, -0.05) is 26.2 Å². The van der Waals surface area contributed by atoms with E-state index in [1.807, 2.05) is 18.7 Å². The van der Waals surface area contributed by atoms with Crippen LogP contribution >= 0.6 is 0 Å². The number of rotatable bonds is 5. The Morgan fingerprint density at radius 1 is 0.917 bits per heavy atom. The Kier molecular flexibility index (Phi) is 8.82. The molecule has 4 nitrogen and oxygen atoms in total. The Morgan fingerprint density at radius 3 is 2.04 bits per heavy atom. The molecule has 24 heavy (non-hydrogen) atoms. The summed E-state index contributed by atoms with van der Waals surface area (Å²) in [7, 11) is 4.51. The molecule has 0 amide bonds. The standard InChI is InChI=1S/C11H19N3.C9H19N/c1-13-7-3-2-4-11(13)5-8-14-9-6-12-10-14;1-3-6-9-7-4-5-8-10(9)2/h6,9-11H,2-5,7-8H2,1H3;9H,3-8H2,1-2H3. The predicted octanol–water partition coefficient (Wildman–Crippen LogP) is 4.03. The number of aromatic nitrogens is 2. The van der Waals surface area contributed by atoms with Gasteiger partial charge in [0.25, 0.3) is 0 Å². The zero-order valence-electron chi connectivity index (χ0n) is 16.2. The highest BCUT2D eigenvalue weighted by Crippen LogP contribution is 2.19. The van der Waals surface area contributed by atoms with Gasteiger partial charge in [0.2, 0.25) is 0 Å². The molecule has 0 N–H and O–H groups in total. The van der Waals surface area contributed by atoms with Crippen molar-refractivity contribution in [2.45, 2.75) is 83.3 Å². The summed E-state index contributed by atoms with van der Waals surface area (Å²) in [6.45, 7) is 5.98. The van der Waals surface area contributed by atoms with Crippen LogP contribution < -0.4 is 0 Å². The number of imidazole rings is 1. The summed E-state index contributed by atoms with van der Waals surface area (Å²) in [6, 6.07) is 1.69. The van der Waals surface area contributed by atoms with Gasteiger partial charge in [-0.2, -0.15) is 0 Å². The second-order valence-electron chi connectivity index (χ2n) is 7.64. The first-order chi connectivity index (χ1) is 11.7. The largest absolute Gasteiger partial charge is 0.337 e. The molecule has 2 aliphatic rings. The topological polar surface area (TPSA) is 24.3 Å². The van der Waals surface area contributed by atoms with E-state index in [0.717, 1.165) is 18.6 Å². The molecule has 2 saturated heterocycles. The van der Waals surface area contributed by atoms with Gasteiger partial charge in [0.1, 0.15) is 0 Å². The molecule has 0 spiro atoms. The molecule has 0 radical (unpaired) electrons. The van der Waals surface area contributed by atoms with Crippen molar-refractivity contribution in [3.63, 3.8) is 0 Å². The molecule has 2 aliphatic heterocycles. The van der Waals surface area contributed by atoms with Crippen molar-refractivity contribution in [3.05, 3.63) is 18.7 Å². The minimum Gasteiger partial charge on any atom is -0.337 e. The van der Waals surface area contributed by atoms with Crippen LogP contribution in [0, 0.1) is 0 Å². The normalized spacial score (nSPS) is 26.0. The fourth-order valence-corrected chi connectivity index (χ4v) is 4.07. The van der Waals surface area contributed by atoms with Crippen molar-refractivity contribution < 1.29 is 0 Å². The van der Waals surface area contributed by atoms with Gasteiger partial charge in [-0.3, -0.25) is 0 Å². The van der Waals surface area contributed by atoms with E-state index < -0.39 is 0 Å². The molecule has 0 bridgehead atoms. The van der Waals surface area contributed by atoms with E-state index >= 15 is 0 Å². The number of likely N-dealkylation sites (tertiary alicyclic amines) is 2. The van der Waals surface area contributed by atoms with Gasteiger partial charge in [0, 0.05) is 31.0 Å². The lowest BCUT2D eigenvalue weighted by Crippen LogP contribution is -2.36. The number of aryl methyl sites for hydroxylation is 1. The summed E-state index contributed by atoms with van der Waals surface area (Å²) in [6.07, 6.45) is 18.2. The van der Waals surface area contributed by atoms with Crippen LogP contribution in [0.3, 0.4) is 0 Å². The molecule has 2 unspecified atom stereocenters. The molecule has 0 aromatic carbocycles. The fraction of sp³-hybridized carbons (Fsp3) is 0.850. The van der Waals surface area contributed by atoms with E-state index in [1.165, 1.54) is 70.9 Å². The molecule has 0 aliphatic carbocycles. The summed E-state index contributed by atoms with van der Waals surface area (Å²) in [5, 5.41) is 0. The summed E-state index contributed by atoms with van der Waals surface area (Å²) < 4.78 is 2.17. The summed E-state index contributed by atoms with van der Waals surface area (Å²) in [5.41, 5.74) is 0. The molecule has 2 fully saturated rings. The number of hydrogen-bond acceptors (Lipinski definition) is 3. The monoisotopic (exact) mass is 334 g/mol. The van der Waals surface area contributed by atoms with Gasteiger partial charge < -0.3 is 14.4 Å². The second-order valence-corrected chi connectivity index (χ2v) is 7.64. The summed E-state index contributed by atoms with van der Waals surface area (Å²) in [4.78, 5) is 9.08. The van der Waals surface area contributed by atoms with Gasteiger partial charge in [0.15, 0.2) is 0 Å². The minimum absolute atomic E-state index is 0.783. The second kappa shape index (κ2) is 10.9. The molecule has 0 saturated carbocycles. The van der Waals surface area contributed by atoms with E-state index in [9.17, 15) is 0 Å². The van der Waals surface area contributed by atoms with Gasteiger partial charge in [-0.25, -0.2) is 4.98 Å². The minimum atomic E-state index is 0.783. The van der Waals surface area contributed by atoms with Crippen LogP contribution in [0.25, 0.3) is 0 Å². The van der Waals surface area contributed by atoms with Gasteiger partial charge in [0.05, 0.1) is 6.33 Å². The fourth-order valence-electron chi connectivity index (χ4n) is 4.07. The summed E-state index contributed by atoms with van der Waals surface area (Å²) >= 11 is 0. The molecular weight excluding hydrogens is 296 g/mol. The molecule has 3 heterocycles. The first-order valence-corrected chi connectivity index (χ1v) is 10.1.